The van der Waals surface area contributed by atoms with Crippen LogP contribution in [0, 0.1) is 5.92 Å². The van der Waals surface area contributed by atoms with Gasteiger partial charge in [0.1, 0.15) is 6.04 Å². The Morgan fingerprint density at radius 1 is 1.21 bits per heavy atom. The van der Waals surface area contributed by atoms with E-state index in [2.05, 4.69) is 5.32 Å². The number of nitrogens with zero attached hydrogens (tertiary/aromatic N) is 1. The summed E-state index contributed by atoms with van der Waals surface area (Å²) in [7, 11) is 0. The molecule has 0 unspecified atom stereocenters. The summed E-state index contributed by atoms with van der Waals surface area (Å²) in [6.45, 7) is 0.625. The van der Waals surface area contributed by atoms with Crippen LogP contribution >= 0.6 is 11.8 Å². The highest BCUT2D eigenvalue weighted by atomic mass is 32.2. The number of urea groups is 1. The van der Waals surface area contributed by atoms with Crippen molar-refractivity contribution in [1.82, 2.24) is 10.2 Å². The van der Waals surface area contributed by atoms with Crippen LogP contribution in [0.4, 0.5) is 4.79 Å². The van der Waals surface area contributed by atoms with Gasteiger partial charge in [-0.3, -0.25) is 9.69 Å². The van der Waals surface area contributed by atoms with Crippen LogP contribution in [0.5, 0.6) is 0 Å². The molecular formula is C14H24N2O2S. The molecule has 0 aromatic heterocycles. The van der Waals surface area contributed by atoms with Crippen molar-refractivity contribution in [1.29, 1.82) is 0 Å². The minimum absolute atomic E-state index is 0.0108. The molecule has 2 fully saturated rings. The lowest BCUT2D eigenvalue weighted by molar-refractivity contribution is -0.128. The third-order valence-electron chi connectivity index (χ3n) is 4.13. The van der Waals surface area contributed by atoms with E-state index in [0.29, 0.717) is 12.5 Å². The van der Waals surface area contributed by atoms with Crippen molar-refractivity contribution in [2.24, 2.45) is 5.92 Å². The van der Waals surface area contributed by atoms with Crippen molar-refractivity contribution in [3.8, 4) is 0 Å². The van der Waals surface area contributed by atoms with Gasteiger partial charge in [-0.05, 0) is 37.2 Å². The number of hydrogen-bond acceptors (Lipinski definition) is 3. The molecule has 0 radical (unpaired) electrons. The molecule has 0 aromatic rings. The number of nitrogens with one attached hydrogen (secondary N) is 1. The van der Waals surface area contributed by atoms with Gasteiger partial charge in [0, 0.05) is 6.54 Å². The second kappa shape index (κ2) is 7.17. The number of amides is 3. The van der Waals surface area contributed by atoms with Crippen LogP contribution in [0.1, 0.15) is 44.9 Å². The Kier molecular flexibility index (Phi) is 5.55. The lowest BCUT2D eigenvalue weighted by Crippen LogP contribution is -2.36. The van der Waals surface area contributed by atoms with Crippen LogP contribution in [0.15, 0.2) is 0 Å². The molecule has 1 saturated heterocycles. The van der Waals surface area contributed by atoms with Gasteiger partial charge in [-0.25, -0.2) is 4.79 Å². The van der Waals surface area contributed by atoms with E-state index in [1.165, 1.54) is 30.6 Å². The third-order valence-corrected chi connectivity index (χ3v) is 4.78. The van der Waals surface area contributed by atoms with E-state index in [4.69, 9.17) is 0 Å². The van der Waals surface area contributed by atoms with Crippen molar-refractivity contribution >= 4 is 23.7 Å². The Hall–Kier alpha value is -0.710. The molecule has 108 valence electrons. The summed E-state index contributed by atoms with van der Waals surface area (Å²) in [6, 6.07) is -0.467. The SMILES string of the molecule is CSCC[C@H]1NC(=O)N(CC2CCCCCC2)C1=O. The van der Waals surface area contributed by atoms with Crippen LogP contribution in [0.3, 0.4) is 0 Å². The topological polar surface area (TPSA) is 49.4 Å². The van der Waals surface area contributed by atoms with Gasteiger partial charge in [0.15, 0.2) is 0 Å². The molecule has 4 nitrogen and oxygen atoms in total. The maximum atomic E-state index is 12.2. The fourth-order valence-corrected chi connectivity index (χ4v) is 3.46. The first-order valence-electron chi connectivity index (χ1n) is 7.33. The highest BCUT2D eigenvalue weighted by Crippen LogP contribution is 2.25. The number of carbonyl (C=O) groups is 2. The maximum absolute atomic E-state index is 12.2. The molecular weight excluding hydrogens is 260 g/mol. The van der Waals surface area contributed by atoms with Gasteiger partial charge in [-0.15, -0.1) is 0 Å². The van der Waals surface area contributed by atoms with Crippen LogP contribution in [-0.4, -0.2) is 41.4 Å². The van der Waals surface area contributed by atoms with E-state index in [9.17, 15) is 9.59 Å². The molecule has 1 N–H and O–H groups in total. The highest BCUT2D eigenvalue weighted by molar-refractivity contribution is 7.98. The zero-order valence-electron chi connectivity index (χ0n) is 11.7. The molecule has 5 heteroatoms. The van der Waals surface area contributed by atoms with Crippen molar-refractivity contribution < 1.29 is 9.59 Å². The second-order valence-corrected chi connectivity index (χ2v) is 6.58. The summed E-state index contributed by atoms with van der Waals surface area (Å²) in [5.74, 6) is 1.41. The monoisotopic (exact) mass is 284 g/mol. The first-order chi connectivity index (χ1) is 9.22. The Morgan fingerprint density at radius 2 is 1.89 bits per heavy atom. The van der Waals surface area contributed by atoms with Crippen LogP contribution in [0.2, 0.25) is 0 Å². The minimum atomic E-state index is -0.286. The summed E-state index contributed by atoms with van der Waals surface area (Å²) in [5.41, 5.74) is 0. The zero-order chi connectivity index (χ0) is 13.7. The predicted octanol–water partition coefficient (Wildman–Crippen LogP) is 2.63. The van der Waals surface area contributed by atoms with Gasteiger partial charge in [0.05, 0.1) is 0 Å². The zero-order valence-corrected chi connectivity index (χ0v) is 12.5. The molecule has 2 aliphatic rings. The normalized spacial score (nSPS) is 25.5. The highest BCUT2D eigenvalue weighted by Gasteiger charge is 2.38. The largest absolute Gasteiger partial charge is 0.326 e. The fraction of sp³-hybridized carbons (Fsp3) is 0.857. The average Bonchev–Trinajstić information content (AvgIpc) is 2.63. The molecule has 1 heterocycles. The minimum Gasteiger partial charge on any atom is -0.326 e. The van der Waals surface area contributed by atoms with E-state index in [1.807, 2.05) is 6.26 Å². The van der Waals surface area contributed by atoms with E-state index in [1.54, 1.807) is 11.8 Å². The van der Waals surface area contributed by atoms with Crippen molar-refractivity contribution in [3.63, 3.8) is 0 Å². The standard InChI is InChI=1S/C14H24N2O2S/c1-19-9-8-12-13(17)16(14(18)15-12)10-11-6-4-2-3-5-7-11/h11-12H,2-10H2,1H3,(H,15,18)/t12-/m1/s1. The van der Waals surface area contributed by atoms with E-state index < -0.39 is 0 Å². The number of imide groups is 1. The lowest BCUT2D eigenvalue weighted by atomic mass is 10.00. The smallest absolute Gasteiger partial charge is 0.324 e. The van der Waals surface area contributed by atoms with E-state index in [0.717, 1.165) is 25.0 Å². The van der Waals surface area contributed by atoms with Gasteiger partial charge >= 0.3 is 6.03 Å². The van der Waals surface area contributed by atoms with Crippen molar-refractivity contribution in [2.75, 3.05) is 18.6 Å². The van der Waals surface area contributed by atoms with Crippen molar-refractivity contribution in [3.05, 3.63) is 0 Å². The van der Waals surface area contributed by atoms with E-state index in [-0.39, 0.29) is 18.0 Å². The summed E-state index contributed by atoms with van der Waals surface area (Å²) < 4.78 is 0. The molecule has 3 amide bonds. The Morgan fingerprint density at radius 3 is 2.53 bits per heavy atom. The predicted molar refractivity (Wildman–Crippen MR) is 78.2 cm³/mol. The number of carbonyl (C=O) groups excluding carboxylic acids is 2. The maximum Gasteiger partial charge on any atom is 0.324 e. The molecule has 1 saturated carbocycles. The summed E-state index contributed by atoms with van der Waals surface area (Å²) in [4.78, 5) is 25.6. The average molecular weight is 284 g/mol. The van der Waals surface area contributed by atoms with Crippen LogP contribution < -0.4 is 5.32 Å². The second-order valence-electron chi connectivity index (χ2n) is 5.59. The van der Waals surface area contributed by atoms with Gasteiger partial charge in [0.2, 0.25) is 0 Å². The lowest BCUT2D eigenvalue weighted by Gasteiger charge is -2.20. The van der Waals surface area contributed by atoms with Crippen LogP contribution in [0.25, 0.3) is 0 Å². The molecule has 0 bridgehead atoms. The third kappa shape index (κ3) is 3.88. The van der Waals surface area contributed by atoms with E-state index >= 15 is 0 Å². The number of rotatable bonds is 5. The molecule has 0 aromatic carbocycles. The van der Waals surface area contributed by atoms with Gasteiger partial charge in [0.25, 0.3) is 5.91 Å². The van der Waals surface area contributed by atoms with Crippen LogP contribution in [-0.2, 0) is 4.79 Å². The Balaban J connectivity index is 1.88. The first kappa shape index (κ1) is 14.7. The van der Waals surface area contributed by atoms with Crippen molar-refractivity contribution in [2.45, 2.75) is 51.0 Å². The van der Waals surface area contributed by atoms with Gasteiger partial charge in [-0.1, -0.05) is 25.7 Å². The number of thioether (sulfide) groups is 1. The molecule has 0 spiro atoms. The fourth-order valence-electron chi connectivity index (χ4n) is 2.99. The molecule has 2 rings (SSSR count). The summed E-state index contributed by atoms with van der Waals surface area (Å²) in [6.07, 6.45) is 10.2. The van der Waals surface area contributed by atoms with Gasteiger partial charge in [-0.2, -0.15) is 11.8 Å². The quantitative estimate of drug-likeness (QED) is 0.623. The number of hydrogen-bond donors (Lipinski definition) is 1. The molecule has 1 aliphatic heterocycles. The summed E-state index contributed by atoms with van der Waals surface area (Å²) >= 11 is 1.71. The molecule has 1 atom stereocenters. The Bertz CT molecular complexity index is 327. The van der Waals surface area contributed by atoms with Gasteiger partial charge < -0.3 is 5.32 Å². The molecule has 1 aliphatic carbocycles. The Labute approximate surface area is 119 Å². The first-order valence-corrected chi connectivity index (χ1v) is 8.72. The summed E-state index contributed by atoms with van der Waals surface area (Å²) in [5, 5.41) is 2.82. The molecule has 19 heavy (non-hydrogen) atoms.